The van der Waals surface area contributed by atoms with Crippen molar-refractivity contribution in [3.63, 3.8) is 0 Å². The normalized spacial score (nSPS) is 14.6. The SMILES string of the molecule is Nc1cc([N+](=O)[O-])ccc1C(=O)O[C@@H](C(=O)N1CCCC1)c1ccccc1. The highest BCUT2D eigenvalue weighted by atomic mass is 16.6. The molecule has 0 bridgehead atoms. The van der Waals surface area contributed by atoms with Crippen molar-refractivity contribution in [2.24, 2.45) is 0 Å². The molecule has 8 heteroatoms. The Balaban J connectivity index is 1.86. The molecule has 1 heterocycles. The van der Waals surface area contributed by atoms with Gasteiger partial charge in [-0.1, -0.05) is 30.3 Å². The summed E-state index contributed by atoms with van der Waals surface area (Å²) in [7, 11) is 0. The molecule has 1 saturated heterocycles. The molecule has 2 aromatic rings. The second-order valence-corrected chi connectivity index (χ2v) is 6.26. The summed E-state index contributed by atoms with van der Waals surface area (Å²) in [5.41, 5.74) is 6.01. The van der Waals surface area contributed by atoms with Gasteiger partial charge in [-0.3, -0.25) is 14.9 Å². The Morgan fingerprint density at radius 3 is 2.37 bits per heavy atom. The minimum Gasteiger partial charge on any atom is -0.444 e. The Labute approximate surface area is 155 Å². The molecule has 0 aliphatic carbocycles. The van der Waals surface area contributed by atoms with E-state index >= 15 is 0 Å². The van der Waals surface area contributed by atoms with Crippen molar-refractivity contribution in [1.29, 1.82) is 0 Å². The Kier molecular flexibility index (Phi) is 5.35. The zero-order valence-corrected chi connectivity index (χ0v) is 14.5. The van der Waals surface area contributed by atoms with Crippen LogP contribution in [0.4, 0.5) is 11.4 Å². The van der Waals surface area contributed by atoms with Crippen molar-refractivity contribution in [3.05, 3.63) is 69.8 Å². The highest BCUT2D eigenvalue weighted by Crippen LogP contribution is 2.26. The number of hydrogen-bond acceptors (Lipinski definition) is 6. The quantitative estimate of drug-likeness (QED) is 0.375. The van der Waals surface area contributed by atoms with E-state index in [2.05, 4.69) is 0 Å². The van der Waals surface area contributed by atoms with Gasteiger partial charge < -0.3 is 15.4 Å². The number of nitrogen functional groups attached to an aromatic ring is 1. The molecule has 1 amide bonds. The molecule has 2 aromatic carbocycles. The van der Waals surface area contributed by atoms with Crippen LogP contribution in [0.5, 0.6) is 0 Å². The average molecular weight is 369 g/mol. The summed E-state index contributed by atoms with van der Waals surface area (Å²) in [4.78, 5) is 37.4. The molecule has 0 unspecified atom stereocenters. The van der Waals surface area contributed by atoms with Crippen LogP contribution >= 0.6 is 0 Å². The Morgan fingerprint density at radius 2 is 1.78 bits per heavy atom. The number of nitrogens with zero attached hydrogens (tertiary/aromatic N) is 2. The molecule has 0 saturated carbocycles. The molecule has 0 aromatic heterocycles. The first-order valence-corrected chi connectivity index (χ1v) is 8.56. The minimum atomic E-state index is -1.09. The summed E-state index contributed by atoms with van der Waals surface area (Å²) in [5.74, 6) is -1.09. The number of likely N-dealkylation sites (tertiary alicyclic amines) is 1. The lowest BCUT2D eigenvalue weighted by atomic mass is 10.1. The molecule has 2 N–H and O–H groups in total. The number of amides is 1. The van der Waals surface area contributed by atoms with E-state index in [0.717, 1.165) is 18.9 Å². The number of nitrogens with two attached hydrogens (primary N) is 1. The van der Waals surface area contributed by atoms with Crippen molar-refractivity contribution >= 4 is 23.3 Å². The summed E-state index contributed by atoms with van der Waals surface area (Å²) in [6.45, 7) is 1.25. The van der Waals surface area contributed by atoms with Crippen LogP contribution in [0.3, 0.4) is 0 Å². The molecular formula is C19H19N3O5. The number of nitro groups is 1. The molecule has 1 aliphatic heterocycles. The average Bonchev–Trinajstić information content (AvgIpc) is 3.20. The van der Waals surface area contributed by atoms with E-state index in [1.54, 1.807) is 35.2 Å². The Morgan fingerprint density at radius 1 is 1.11 bits per heavy atom. The summed E-state index contributed by atoms with van der Waals surface area (Å²) < 4.78 is 5.50. The highest BCUT2D eigenvalue weighted by molar-refractivity contribution is 5.97. The minimum absolute atomic E-state index is 0.0178. The maximum Gasteiger partial charge on any atom is 0.341 e. The van der Waals surface area contributed by atoms with Crippen molar-refractivity contribution in [1.82, 2.24) is 4.90 Å². The second-order valence-electron chi connectivity index (χ2n) is 6.26. The van der Waals surface area contributed by atoms with Gasteiger partial charge in [0.15, 0.2) is 0 Å². The van der Waals surface area contributed by atoms with Crippen LogP contribution in [-0.4, -0.2) is 34.8 Å². The van der Waals surface area contributed by atoms with E-state index in [1.165, 1.54) is 12.1 Å². The van der Waals surface area contributed by atoms with Crippen molar-refractivity contribution in [3.8, 4) is 0 Å². The summed E-state index contributed by atoms with van der Waals surface area (Å²) in [6.07, 6.45) is 0.735. The number of rotatable bonds is 5. The van der Waals surface area contributed by atoms with Gasteiger partial charge in [-0.25, -0.2) is 4.79 Å². The number of carbonyl (C=O) groups excluding carboxylic acids is 2. The van der Waals surface area contributed by atoms with Gasteiger partial charge in [-0.15, -0.1) is 0 Å². The fourth-order valence-electron chi connectivity index (χ4n) is 3.01. The monoisotopic (exact) mass is 369 g/mol. The molecule has 0 radical (unpaired) electrons. The molecule has 27 heavy (non-hydrogen) atoms. The van der Waals surface area contributed by atoms with E-state index in [1.807, 2.05) is 0 Å². The lowest BCUT2D eigenvalue weighted by Gasteiger charge is -2.23. The number of esters is 1. The lowest BCUT2D eigenvalue weighted by Crippen LogP contribution is -2.35. The number of ether oxygens (including phenoxy) is 1. The zero-order valence-electron chi connectivity index (χ0n) is 14.5. The Bertz CT molecular complexity index is 863. The summed E-state index contributed by atoms with van der Waals surface area (Å²) >= 11 is 0. The molecule has 0 spiro atoms. The number of nitro benzene ring substituents is 1. The predicted molar refractivity (Wildman–Crippen MR) is 97.9 cm³/mol. The molecule has 3 rings (SSSR count). The first-order valence-electron chi connectivity index (χ1n) is 8.56. The molecule has 140 valence electrons. The first-order chi connectivity index (χ1) is 13.0. The van der Waals surface area contributed by atoms with Crippen LogP contribution in [0.25, 0.3) is 0 Å². The van der Waals surface area contributed by atoms with E-state index in [-0.39, 0.29) is 22.8 Å². The maximum atomic E-state index is 12.9. The van der Waals surface area contributed by atoms with Crippen LogP contribution in [0, 0.1) is 10.1 Å². The van der Waals surface area contributed by atoms with E-state index < -0.39 is 17.0 Å². The number of benzene rings is 2. The van der Waals surface area contributed by atoms with Gasteiger partial charge in [-0.05, 0) is 18.9 Å². The Hall–Kier alpha value is -3.42. The summed E-state index contributed by atoms with van der Waals surface area (Å²) in [6, 6.07) is 12.2. The van der Waals surface area contributed by atoms with Gasteiger partial charge in [0.2, 0.25) is 6.10 Å². The third kappa shape index (κ3) is 4.05. The van der Waals surface area contributed by atoms with Gasteiger partial charge in [-0.2, -0.15) is 0 Å². The highest BCUT2D eigenvalue weighted by Gasteiger charge is 2.31. The molecule has 1 fully saturated rings. The lowest BCUT2D eigenvalue weighted by molar-refractivity contribution is -0.384. The number of hydrogen-bond donors (Lipinski definition) is 1. The number of carbonyl (C=O) groups is 2. The summed E-state index contributed by atoms with van der Waals surface area (Å²) in [5, 5.41) is 10.8. The van der Waals surface area contributed by atoms with Gasteiger partial charge in [0.25, 0.3) is 11.6 Å². The van der Waals surface area contributed by atoms with Gasteiger partial charge in [0, 0.05) is 30.8 Å². The van der Waals surface area contributed by atoms with Crippen LogP contribution in [0.1, 0.15) is 34.9 Å². The zero-order chi connectivity index (χ0) is 19.4. The standard InChI is InChI=1S/C19H19N3O5/c20-16-12-14(22(25)26)8-9-15(16)19(24)27-17(13-6-2-1-3-7-13)18(23)21-10-4-5-11-21/h1-3,6-9,12,17H,4-5,10-11,20H2/t17-/m1/s1. The fraction of sp³-hybridized carbons (Fsp3) is 0.263. The third-order valence-electron chi connectivity index (χ3n) is 4.44. The van der Waals surface area contributed by atoms with Crippen LogP contribution < -0.4 is 5.73 Å². The van der Waals surface area contributed by atoms with Crippen LogP contribution in [-0.2, 0) is 9.53 Å². The molecule has 8 nitrogen and oxygen atoms in total. The predicted octanol–water partition coefficient (Wildman–Crippen LogP) is 2.70. The van der Waals surface area contributed by atoms with Crippen LogP contribution in [0.15, 0.2) is 48.5 Å². The van der Waals surface area contributed by atoms with E-state index in [0.29, 0.717) is 18.7 Å². The maximum absolute atomic E-state index is 12.9. The second kappa shape index (κ2) is 7.86. The molecular weight excluding hydrogens is 350 g/mol. The van der Waals surface area contributed by atoms with Gasteiger partial charge in [0.1, 0.15) is 0 Å². The first kappa shape index (κ1) is 18.4. The largest absolute Gasteiger partial charge is 0.444 e. The smallest absolute Gasteiger partial charge is 0.341 e. The van der Waals surface area contributed by atoms with E-state index in [4.69, 9.17) is 10.5 Å². The number of anilines is 1. The molecule has 1 atom stereocenters. The van der Waals surface area contributed by atoms with Crippen molar-refractivity contribution in [2.75, 3.05) is 18.8 Å². The van der Waals surface area contributed by atoms with Gasteiger partial charge >= 0.3 is 5.97 Å². The van der Waals surface area contributed by atoms with E-state index in [9.17, 15) is 19.7 Å². The van der Waals surface area contributed by atoms with Crippen molar-refractivity contribution in [2.45, 2.75) is 18.9 Å². The molecule has 1 aliphatic rings. The van der Waals surface area contributed by atoms with Crippen LogP contribution in [0.2, 0.25) is 0 Å². The fourth-order valence-corrected chi connectivity index (χ4v) is 3.01. The topological polar surface area (TPSA) is 116 Å². The number of non-ortho nitro benzene ring substituents is 1. The van der Waals surface area contributed by atoms with Crippen molar-refractivity contribution < 1.29 is 19.2 Å². The van der Waals surface area contributed by atoms with Gasteiger partial charge in [0.05, 0.1) is 16.2 Å². The third-order valence-corrected chi connectivity index (χ3v) is 4.44.